The number of amides is 1. The van der Waals surface area contributed by atoms with Gasteiger partial charge in [-0.1, -0.05) is 5.16 Å². The van der Waals surface area contributed by atoms with Crippen molar-refractivity contribution in [3.63, 3.8) is 0 Å². The summed E-state index contributed by atoms with van der Waals surface area (Å²) in [5.74, 6) is -1.13. The van der Waals surface area contributed by atoms with Crippen molar-refractivity contribution in [1.29, 1.82) is 0 Å². The van der Waals surface area contributed by atoms with Gasteiger partial charge >= 0.3 is 5.97 Å². The number of hydrogen-bond acceptors (Lipinski definition) is 5. The van der Waals surface area contributed by atoms with Gasteiger partial charge in [0, 0.05) is 18.3 Å². The van der Waals surface area contributed by atoms with E-state index in [1.807, 2.05) is 0 Å². The molecule has 0 fully saturated rings. The monoisotopic (exact) mass is 275 g/mol. The van der Waals surface area contributed by atoms with Gasteiger partial charge in [-0.25, -0.2) is 4.79 Å². The van der Waals surface area contributed by atoms with Gasteiger partial charge in [0.25, 0.3) is 5.91 Å². The number of rotatable bonds is 4. The molecule has 20 heavy (non-hydrogen) atoms. The van der Waals surface area contributed by atoms with E-state index < -0.39 is 11.9 Å². The zero-order chi connectivity index (χ0) is 14.7. The summed E-state index contributed by atoms with van der Waals surface area (Å²) in [4.78, 5) is 26.8. The van der Waals surface area contributed by atoms with Crippen LogP contribution in [0, 0.1) is 13.8 Å². The summed E-state index contributed by atoms with van der Waals surface area (Å²) < 4.78 is 4.98. The zero-order valence-corrected chi connectivity index (χ0v) is 11.0. The average Bonchev–Trinajstić information content (AvgIpc) is 2.75. The van der Waals surface area contributed by atoms with Gasteiger partial charge in [-0.3, -0.25) is 9.78 Å². The van der Waals surface area contributed by atoms with Crippen molar-refractivity contribution in [1.82, 2.24) is 15.5 Å². The van der Waals surface area contributed by atoms with Crippen molar-refractivity contribution in [2.75, 3.05) is 0 Å². The Hall–Kier alpha value is -2.70. The number of carboxylic acids is 1. The summed E-state index contributed by atoms with van der Waals surface area (Å²) in [5.41, 5.74) is 1.20. The van der Waals surface area contributed by atoms with E-state index in [0.29, 0.717) is 11.5 Å². The molecule has 2 heterocycles. The summed E-state index contributed by atoms with van der Waals surface area (Å²) in [6, 6.07) is 2.80. The van der Waals surface area contributed by atoms with Crippen LogP contribution in [0.2, 0.25) is 0 Å². The first-order valence-electron chi connectivity index (χ1n) is 5.89. The Balaban J connectivity index is 2.16. The third-order valence-electron chi connectivity index (χ3n) is 2.86. The van der Waals surface area contributed by atoms with Crippen LogP contribution in [0.4, 0.5) is 0 Å². The number of pyridine rings is 1. The van der Waals surface area contributed by atoms with Crippen LogP contribution in [-0.2, 0) is 6.54 Å². The first-order chi connectivity index (χ1) is 9.50. The van der Waals surface area contributed by atoms with E-state index in [4.69, 9.17) is 9.63 Å². The van der Waals surface area contributed by atoms with Gasteiger partial charge in [-0.2, -0.15) is 0 Å². The SMILES string of the molecule is Cc1noc(C)c1CNC(=O)c1ncccc1C(=O)O. The molecule has 7 nitrogen and oxygen atoms in total. The van der Waals surface area contributed by atoms with E-state index in [2.05, 4.69) is 15.5 Å². The molecule has 2 aromatic rings. The van der Waals surface area contributed by atoms with Crippen LogP contribution in [0.25, 0.3) is 0 Å². The highest BCUT2D eigenvalue weighted by Crippen LogP contribution is 2.12. The molecule has 0 spiro atoms. The summed E-state index contributed by atoms with van der Waals surface area (Å²) in [5, 5.41) is 15.4. The third-order valence-corrected chi connectivity index (χ3v) is 2.86. The molecule has 0 saturated heterocycles. The van der Waals surface area contributed by atoms with Gasteiger partial charge in [0.2, 0.25) is 0 Å². The summed E-state index contributed by atoms with van der Waals surface area (Å²) in [6.07, 6.45) is 1.37. The van der Waals surface area contributed by atoms with E-state index in [9.17, 15) is 9.59 Å². The zero-order valence-electron chi connectivity index (χ0n) is 11.0. The minimum atomic E-state index is -1.19. The van der Waals surface area contributed by atoms with Gasteiger partial charge in [0.05, 0.1) is 11.3 Å². The van der Waals surface area contributed by atoms with Crippen molar-refractivity contribution in [3.8, 4) is 0 Å². The van der Waals surface area contributed by atoms with Crippen LogP contribution < -0.4 is 5.32 Å². The molecule has 2 rings (SSSR count). The van der Waals surface area contributed by atoms with Crippen LogP contribution in [0.15, 0.2) is 22.9 Å². The number of nitrogens with zero attached hydrogens (tertiary/aromatic N) is 2. The summed E-state index contributed by atoms with van der Waals surface area (Å²) in [6.45, 7) is 3.71. The van der Waals surface area contributed by atoms with Gasteiger partial charge < -0.3 is 14.9 Å². The topological polar surface area (TPSA) is 105 Å². The van der Waals surface area contributed by atoms with Gasteiger partial charge in [-0.15, -0.1) is 0 Å². The number of carbonyl (C=O) groups is 2. The lowest BCUT2D eigenvalue weighted by Gasteiger charge is -2.06. The maximum Gasteiger partial charge on any atom is 0.338 e. The predicted molar refractivity (Wildman–Crippen MR) is 68.3 cm³/mol. The molecule has 0 aromatic carbocycles. The number of nitrogens with one attached hydrogen (secondary N) is 1. The van der Waals surface area contributed by atoms with Gasteiger partial charge in [0.1, 0.15) is 11.5 Å². The van der Waals surface area contributed by atoms with Crippen molar-refractivity contribution >= 4 is 11.9 Å². The first kappa shape index (κ1) is 13.7. The van der Waals surface area contributed by atoms with E-state index in [-0.39, 0.29) is 17.8 Å². The molecule has 0 aliphatic carbocycles. The molecule has 7 heteroatoms. The maximum atomic E-state index is 12.0. The molecule has 0 unspecified atom stereocenters. The fraction of sp³-hybridized carbons (Fsp3) is 0.231. The van der Waals surface area contributed by atoms with Crippen molar-refractivity contribution < 1.29 is 19.2 Å². The first-order valence-corrected chi connectivity index (χ1v) is 5.89. The van der Waals surface area contributed by atoms with Crippen LogP contribution in [-0.4, -0.2) is 27.1 Å². The highest BCUT2D eigenvalue weighted by atomic mass is 16.5. The highest BCUT2D eigenvalue weighted by molar-refractivity contribution is 6.03. The highest BCUT2D eigenvalue weighted by Gasteiger charge is 2.18. The molecule has 0 aliphatic heterocycles. The number of aromatic nitrogens is 2. The molecular weight excluding hydrogens is 262 g/mol. The van der Waals surface area contributed by atoms with Crippen LogP contribution in [0.1, 0.15) is 37.9 Å². The second-order valence-electron chi connectivity index (χ2n) is 4.19. The quantitative estimate of drug-likeness (QED) is 0.871. The molecule has 2 N–H and O–H groups in total. The molecule has 0 aliphatic rings. The van der Waals surface area contributed by atoms with Crippen LogP contribution in [0.3, 0.4) is 0 Å². The number of carbonyl (C=O) groups excluding carboxylic acids is 1. The Kier molecular flexibility index (Phi) is 3.79. The summed E-state index contributed by atoms with van der Waals surface area (Å²) >= 11 is 0. The molecule has 0 radical (unpaired) electrons. The molecule has 0 atom stereocenters. The van der Waals surface area contributed by atoms with Gasteiger partial charge in [-0.05, 0) is 26.0 Å². The molecular formula is C13H13N3O4. The fourth-order valence-corrected chi connectivity index (χ4v) is 1.77. The Labute approximate surface area is 114 Å². The Morgan fingerprint density at radius 2 is 2.15 bits per heavy atom. The average molecular weight is 275 g/mol. The number of carboxylic acid groups (broad SMARTS) is 1. The van der Waals surface area contributed by atoms with Crippen LogP contribution >= 0.6 is 0 Å². The Morgan fingerprint density at radius 3 is 2.75 bits per heavy atom. The predicted octanol–water partition coefficient (Wildman–Crippen LogP) is 1.31. The van der Waals surface area contributed by atoms with Crippen LogP contribution in [0.5, 0.6) is 0 Å². The Bertz CT molecular complexity index is 644. The third kappa shape index (κ3) is 2.66. The second kappa shape index (κ2) is 5.52. The van der Waals surface area contributed by atoms with E-state index in [0.717, 1.165) is 5.56 Å². The molecule has 0 saturated carbocycles. The smallest absolute Gasteiger partial charge is 0.338 e. The van der Waals surface area contributed by atoms with Gasteiger partial charge in [0.15, 0.2) is 0 Å². The molecule has 0 bridgehead atoms. The lowest BCUT2D eigenvalue weighted by Crippen LogP contribution is -2.26. The number of aromatic carboxylic acids is 1. The standard InChI is InChI=1S/C13H13N3O4/c1-7-10(8(2)20-16-7)6-15-12(17)11-9(13(18)19)4-3-5-14-11/h3-5H,6H2,1-2H3,(H,15,17)(H,18,19). The number of aryl methyl sites for hydroxylation is 2. The van der Waals surface area contributed by atoms with Crippen molar-refractivity contribution in [2.45, 2.75) is 20.4 Å². The molecule has 1 amide bonds. The summed E-state index contributed by atoms with van der Waals surface area (Å²) in [7, 11) is 0. The largest absolute Gasteiger partial charge is 0.478 e. The normalized spacial score (nSPS) is 10.3. The number of hydrogen-bond donors (Lipinski definition) is 2. The molecule has 104 valence electrons. The van der Waals surface area contributed by atoms with E-state index in [1.165, 1.54) is 18.3 Å². The minimum absolute atomic E-state index is 0.119. The minimum Gasteiger partial charge on any atom is -0.478 e. The Morgan fingerprint density at radius 1 is 1.40 bits per heavy atom. The lowest BCUT2D eigenvalue weighted by molar-refractivity contribution is 0.0690. The lowest BCUT2D eigenvalue weighted by atomic mass is 10.1. The van der Waals surface area contributed by atoms with Crippen molar-refractivity contribution in [3.05, 3.63) is 46.6 Å². The van der Waals surface area contributed by atoms with Crippen molar-refractivity contribution in [2.24, 2.45) is 0 Å². The van der Waals surface area contributed by atoms with E-state index >= 15 is 0 Å². The second-order valence-corrected chi connectivity index (χ2v) is 4.19. The maximum absolute atomic E-state index is 12.0. The van der Waals surface area contributed by atoms with E-state index in [1.54, 1.807) is 13.8 Å². The molecule has 2 aromatic heterocycles. The fourth-order valence-electron chi connectivity index (χ4n) is 1.77.